The molecule has 18 heavy (non-hydrogen) atoms. The first kappa shape index (κ1) is 12.9. The number of hydrogen-bond acceptors (Lipinski definition) is 5. The van der Waals surface area contributed by atoms with E-state index < -0.39 is 5.82 Å². The molecule has 1 aromatic heterocycles. The van der Waals surface area contributed by atoms with E-state index in [-0.39, 0.29) is 17.2 Å². The van der Waals surface area contributed by atoms with Crippen molar-refractivity contribution < 1.29 is 14.0 Å². The van der Waals surface area contributed by atoms with Crippen molar-refractivity contribution in [1.29, 1.82) is 0 Å². The predicted octanol–water partition coefficient (Wildman–Crippen LogP) is 3.22. The van der Waals surface area contributed by atoms with Gasteiger partial charge in [0.15, 0.2) is 5.82 Å². The standard InChI is InChI=1S/C12H13FN2O2S/c1-7(2)18-6-11-14-12(17-15-11)9-4-3-8(16)5-10(9)13/h3-5,7,16H,6H2,1-2H3. The molecule has 0 amide bonds. The quantitative estimate of drug-likeness (QED) is 0.922. The van der Waals surface area contributed by atoms with Gasteiger partial charge in [-0.1, -0.05) is 19.0 Å². The van der Waals surface area contributed by atoms with E-state index >= 15 is 0 Å². The molecule has 2 aromatic rings. The fourth-order valence-corrected chi connectivity index (χ4v) is 1.94. The average Bonchev–Trinajstić information content (AvgIpc) is 2.75. The van der Waals surface area contributed by atoms with Crippen LogP contribution < -0.4 is 0 Å². The fraction of sp³-hybridized carbons (Fsp3) is 0.333. The Labute approximate surface area is 108 Å². The van der Waals surface area contributed by atoms with Crippen LogP contribution in [0.1, 0.15) is 19.7 Å². The number of aromatic nitrogens is 2. The van der Waals surface area contributed by atoms with E-state index in [9.17, 15) is 4.39 Å². The van der Waals surface area contributed by atoms with Crippen LogP contribution in [0.25, 0.3) is 11.5 Å². The zero-order valence-corrected chi connectivity index (χ0v) is 10.9. The minimum absolute atomic E-state index is 0.131. The summed E-state index contributed by atoms with van der Waals surface area (Å²) in [5, 5.41) is 13.4. The van der Waals surface area contributed by atoms with Gasteiger partial charge in [0.1, 0.15) is 11.6 Å². The number of phenols is 1. The fourth-order valence-electron chi connectivity index (χ4n) is 1.34. The summed E-state index contributed by atoms with van der Waals surface area (Å²) in [4.78, 5) is 4.12. The highest BCUT2D eigenvalue weighted by atomic mass is 32.2. The highest BCUT2D eigenvalue weighted by Gasteiger charge is 2.14. The minimum Gasteiger partial charge on any atom is -0.508 e. The van der Waals surface area contributed by atoms with E-state index in [0.717, 1.165) is 6.07 Å². The Hall–Kier alpha value is -1.56. The van der Waals surface area contributed by atoms with Crippen molar-refractivity contribution in [3.8, 4) is 17.2 Å². The van der Waals surface area contributed by atoms with E-state index in [2.05, 4.69) is 24.0 Å². The molecular weight excluding hydrogens is 255 g/mol. The van der Waals surface area contributed by atoms with E-state index in [0.29, 0.717) is 16.8 Å². The first-order valence-electron chi connectivity index (χ1n) is 5.49. The molecule has 2 rings (SSSR count). The second-order valence-electron chi connectivity index (χ2n) is 4.04. The summed E-state index contributed by atoms with van der Waals surface area (Å²) in [6, 6.07) is 3.81. The van der Waals surface area contributed by atoms with Crippen LogP contribution in [0.2, 0.25) is 0 Å². The maximum Gasteiger partial charge on any atom is 0.260 e. The second-order valence-corrected chi connectivity index (χ2v) is 5.60. The number of benzene rings is 1. The van der Waals surface area contributed by atoms with Gasteiger partial charge in [0.25, 0.3) is 5.89 Å². The highest BCUT2D eigenvalue weighted by Crippen LogP contribution is 2.25. The van der Waals surface area contributed by atoms with Crippen LogP contribution in [-0.4, -0.2) is 20.5 Å². The lowest BCUT2D eigenvalue weighted by Crippen LogP contribution is -1.91. The lowest BCUT2D eigenvalue weighted by molar-refractivity contribution is 0.422. The molecule has 1 aromatic carbocycles. The van der Waals surface area contributed by atoms with Gasteiger partial charge in [-0.15, -0.1) is 0 Å². The molecule has 1 N–H and O–H groups in total. The molecule has 0 saturated carbocycles. The van der Waals surface area contributed by atoms with E-state index in [1.165, 1.54) is 12.1 Å². The maximum absolute atomic E-state index is 13.6. The van der Waals surface area contributed by atoms with Crippen LogP contribution >= 0.6 is 11.8 Å². The Balaban J connectivity index is 2.18. The van der Waals surface area contributed by atoms with Gasteiger partial charge in [-0.3, -0.25) is 0 Å². The molecule has 96 valence electrons. The number of thioether (sulfide) groups is 1. The molecule has 0 spiro atoms. The van der Waals surface area contributed by atoms with Crippen LogP contribution in [0.3, 0.4) is 0 Å². The molecule has 0 saturated heterocycles. The van der Waals surface area contributed by atoms with Gasteiger partial charge in [0.2, 0.25) is 0 Å². The number of phenolic OH excluding ortho intramolecular Hbond substituents is 1. The zero-order chi connectivity index (χ0) is 13.1. The number of rotatable bonds is 4. The van der Waals surface area contributed by atoms with Crippen LogP contribution in [0, 0.1) is 5.82 Å². The van der Waals surface area contributed by atoms with Gasteiger partial charge in [-0.2, -0.15) is 16.7 Å². The van der Waals surface area contributed by atoms with Crippen LogP contribution in [0.5, 0.6) is 5.75 Å². The van der Waals surface area contributed by atoms with E-state index in [1.54, 1.807) is 11.8 Å². The number of halogens is 1. The molecule has 0 unspecified atom stereocenters. The summed E-state index contributed by atoms with van der Waals surface area (Å²) < 4.78 is 18.6. The third kappa shape index (κ3) is 3.01. The minimum atomic E-state index is -0.582. The van der Waals surface area contributed by atoms with Gasteiger partial charge in [0.05, 0.1) is 11.3 Å². The topological polar surface area (TPSA) is 59.2 Å². The third-order valence-corrected chi connectivity index (χ3v) is 3.29. The second kappa shape index (κ2) is 5.39. The summed E-state index contributed by atoms with van der Waals surface area (Å²) >= 11 is 1.68. The summed E-state index contributed by atoms with van der Waals surface area (Å²) in [7, 11) is 0. The molecular formula is C12H13FN2O2S. The van der Waals surface area contributed by atoms with Crippen molar-refractivity contribution in [1.82, 2.24) is 10.1 Å². The van der Waals surface area contributed by atoms with Gasteiger partial charge < -0.3 is 9.63 Å². The highest BCUT2D eigenvalue weighted by molar-refractivity contribution is 7.99. The normalized spacial score (nSPS) is 11.1. The van der Waals surface area contributed by atoms with Gasteiger partial charge in [0, 0.05) is 6.07 Å². The van der Waals surface area contributed by atoms with Crippen molar-refractivity contribution >= 4 is 11.8 Å². The van der Waals surface area contributed by atoms with Crippen LogP contribution in [0.15, 0.2) is 22.7 Å². The SMILES string of the molecule is CC(C)SCc1noc(-c2ccc(O)cc2F)n1. The number of aromatic hydroxyl groups is 1. The van der Waals surface area contributed by atoms with Gasteiger partial charge in [-0.25, -0.2) is 4.39 Å². The molecule has 0 radical (unpaired) electrons. The lowest BCUT2D eigenvalue weighted by atomic mass is 10.2. The van der Waals surface area contributed by atoms with E-state index in [4.69, 9.17) is 9.63 Å². The monoisotopic (exact) mass is 268 g/mol. The molecule has 0 aliphatic heterocycles. The Morgan fingerprint density at radius 2 is 2.22 bits per heavy atom. The Kier molecular flexibility index (Phi) is 3.86. The molecule has 6 heteroatoms. The van der Waals surface area contributed by atoms with Crippen molar-refractivity contribution in [2.45, 2.75) is 24.9 Å². The van der Waals surface area contributed by atoms with Crippen LogP contribution in [-0.2, 0) is 5.75 Å². The first-order valence-corrected chi connectivity index (χ1v) is 6.54. The van der Waals surface area contributed by atoms with E-state index in [1.807, 2.05) is 0 Å². The number of hydrogen-bond donors (Lipinski definition) is 1. The Morgan fingerprint density at radius 1 is 1.44 bits per heavy atom. The summed E-state index contributed by atoms with van der Waals surface area (Å²) in [5.74, 6) is 0.581. The largest absolute Gasteiger partial charge is 0.508 e. The van der Waals surface area contributed by atoms with Crippen LogP contribution in [0.4, 0.5) is 4.39 Å². The molecule has 0 aliphatic carbocycles. The maximum atomic E-state index is 13.6. The van der Waals surface area contributed by atoms with Crippen molar-refractivity contribution in [3.63, 3.8) is 0 Å². The van der Waals surface area contributed by atoms with Gasteiger partial charge >= 0.3 is 0 Å². The predicted molar refractivity (Wildman–Crippen MR) is 67.8 cm³/mol. The first-order chi connectivity index (χ1) is 8.56. The third-order valence-electron chi connectivity index (χ3n) is 2.20. The smallest absolute Gasteiger partial charge is 0.260 e. The molecule has 1 heterocycles. The Morgan fingerprint density at radius 3 is 2.89 bits per heavy atom. The average molecular weight is 268 g/mol. The van der Waals surface area contributed by atoms with Crippen molar-refractivity contribution in [2.24, 2.45) is 0 Å². The van der Waals surface area contributed by atoms with Crippen molar-refractivity contribution in [2.75, 3.05) is 0 Å². The van der Waals surface area contributed by atoms with Gasteiger partial charge in [-0.05, 0) is 17.4 Å². The number of nitrogens with zero attached hydrogens (tertiary/aromatic N) is 2. The Bertz CT molecular complexity index is 543. The molecule has 0 bridgehead atoms. The molecule has 4 nitrogen and oxygen atoms in total. The van der Waals surface area contributed by atoms with Crippen molar-refractivity contribution in [3.05, 3.63) is 29.8 Å². The summed E-state index contributed by atoms with van der Waals surface area (Å²) in [6.07, 6.45) is 0. The molecule has 0 aliphatic rings. The lowest BCUT2D eigenvalue weighted by Gasteiger charge is -1.99. The molecule has 0 atom stereocenters. The summed E-state index contributed by atoms with van der Waals surface area (Å²) in [6.45, 7) is 4.15. The summed E-state index contributed by atoms with van der Waals surface area (Å²) in [5.41, 5.74) is 0.195. The zero-order valence-electron chi connectivity index (χ0n) is 10.1. The molecule has 0 fully saturated rings.